The zero-order chi connectivity index (χ0) is 14.0. The second-order valence-electron chi connectivity index (χ2n) is 5.40. The molecule has 1 saturated heterocycles. The smallest absolute Gasteiger partial charge is 0.124 e. The summed E-state index contributed by atoms with van der Waals surface area (Å²) in [4.78, 5) is 0. The quantitative estimate of drug-likeness (QED) is 0.659. The Balaban J connectivity index is 1.94. The van der Waals surface area contributed by atoms with Crippen LogP contribution in [0.3, 0.4) is 0 Å². The number of halogens is 1. The van der Waals surface area contributed by atoms with Crippen LogP contribution in [0.25, 0.3) is 0 Å². The van der Waals surface area contributed by atoms with Gasteiger partial charge in [0.05, 0.1) is 16.7 Å². The van der Waals surface area contributed by atoms with E-state index in [0.717, 1.165) is 12.8 Å². The van der Waals surface area contributed by atoms with Crippen LogP contribution in [0.5, 0.6) is 5.75 Å². The molecule has 1 aromatic carbocycles. The van der Waals surface area contributed by atoms with Gasteiger partial charge in [0.15, 0.2) is 0 Å². The SMILES string of the molecule is CC1(C)CCC(COc2ccc(C(=N)N)c(Cl)c2)O1. The molecule has 4 nitrogen and oxygen atoms in total. The second-order valence-corrected chi connectivity index (χ2v) is 5.81. The Labute approximate surface area is 118 Å². The Morgan fingerprint density at radius 2 is 2.32 bits per heavy atom. The van der Waals surface area contributed by atoms with Gasteiger partial charge in [0, 0.05) is 5.56 Å². The Bertz CT molecular complexity index is 488. The lowest BCUT2D eigenvalue weighted by Crippen LogP contribution is -2.23. The monoisotopic (exact) mass is 282 g/mol. The van der Waals surface area contributed by atoms with Gasteiger partial charge >= 0.3 is 0 Å². The molecule has 0 spiro atoms. The molecule has 104 valence electrons. The van der Waals surface area contributed by atoms with Gasteiger partial charge in [-0.1, -0.05) is 11.6 Å². The summed E-state index contributed by atoms with van der Waals surface area (Å²) in [6, 6.07) is 5.14. The number of ether oxygens (including phenoxy) is 2. The van der Waals surface area contributed by atoms with Gasteiger partial charge in [0.25, 0.3) is 0 Å². The molecule has 1 aromatic rings. The van der Waals surface area contributed by atoms with Gasteiger partial charge in [-0.3, -0.25) is 5.41 Å². The van der Waals surface area contributed by atoms with E-state index in [4.69, 9.17) is 32.2 Å². The van der Waals surface area contributed by atoms with E-state index >= 15 is 0 Å². The number of nitrogen functional groups attached to an aromatic ring is 1. The fourth-order valence-electron chi connectivity index (χ4n) is 2.19. The number of benzene rings is 1. The maximum Gasteiger partial charge on any atom is 0.124 e. The number of hydrogen-bond acceptors (Lipinski definition) is 3. The van der Waals surface area contributed by atoms with Crippen molar-refractivity contribution in [3.8, 4) is 5.75 Å². The first-order valence-electron chi connectivity index (χ1n) is 6.32. The van der Waals surface area contributed by atoms with Crippen molar-refractivity contribution < 1.29 is 9.47 Å². The summed E-state index contributed by atoms with van der Waals surface area (Å²) in [5, 5.41) is 7.79. The Hall–Kier alpha value is -1.26. The molecule has 5 heteroatoms. The highest BCUT2D eigenvalue weighted by atomic mass is 35.5. The van der Waals surface area contributed by atoms with Gasteiger partial charge in [0.1, 0.15) is 18.2 Å². The van der Waals surface area contributed by atoms with Gasteiger partial charge < -0.3 is 15.2 Å². The molecule has 0 aliphatic carbocycles. The Morgan fingerprint density at radius 3 is 2.84 bits per heavy atom. The molecule has 0 aromatic heterocycles. The van der Waals surface area contributed by atoms with E-state index in [-0.39, 0.29) is 17.5 Å². The molecule has 0 saturated carbocycles. The maximum absolute atomic E-state index is 7.36. The molecule has 1 aliphatic rings. The molecule has 1 fully saturated rings. The molecular formula is C14H19ClN2O2. The number of hydrogen-bond donors (Lipinski definition) is 2. The lowest BCUT2D eigenvalue weighted by atomic mass is 10.1. The van der Waals surface area contributed by atoms with Crippen molar-refractivity contribution in [3.63, 3.8) is 0 Å². The van der Waals surface area contributed by atoms with Crippen LogP contribution >= 0.6 is 11.6 Å². The molecular weight excluding hydrogens is 264 g/mol. The summed E-state index contributed by atoms with van der Waals surface area (Å²) in [7, 11) is 0. The average Bonchev–Trinajstić information content (AvgIpc) is 2.66. The number of amidine groups is 1. The first-order chi connectivity index (χ1) is 8.87. The summed E-state index contributed by atoms with van der Waals surface area (Å²) < 4.78 is 11.5. The minimum absolute atomic E-state index is 0.0441. The fraction of sp³-hybridized carbons (Fsp3) is 0.500. The third-order valence-corrected chi connectivity index (χ3v) is 3.53. The van der Waals surface area contributed by atoms with Gasteiger partial charge in [-0.2, -0.15) is 0 Å². The van der Waals surface area contributed by atoms with Crippen LogP contribution in [0.1, 0.15) is 32.3 Å². The molecule has 1 heterocycles. The second kappa shape index (κ2) is 5.39. The zero-order valence-corrected chi connectivity index (χ0v) is 12.0. The standard InChI is InChI=1S/C14H19ClN2O2/c1-14(2)6-5-10(19-14)8-18-9-3-4-11(13(16)17)12(15)7-9/h3-4,7,10H,5-6,8H2,1-2H3,(H3,16,17). The van der Waals surface area contributed by atoms with Crippen molar-refractivity contribution in [2.45, 2.75) is 38.4 Å². The van der Waals surface area contributed by atoms with Gasteiger partial charge in [-0.25, -0.2) is 0 Å². The molecule has 1 atom stereocenters. The Morgan fingerprint density at radius 1 is 1.58 bits per heavy atom. The van der Waals surface area contributed by atoms with Crippen LogP contribution in [0, 0.1) is 5.41 Å². The minimum atomic E-state index is -0.0514. The molecule has 1 unspecified atom stereocenters. The lowest BCUT2D eigenvalue weighted by Gasteiger charge is -2.19. The van der Waals surface area contributed by atoms with Crippen LogP contribution in [-0.2, 0) is 4.74 Å². The van der Waals surface area contributed by atoms with Crippen molar-refractivity contribution in [1.29, 1.82) is 5.41 Å². The number of nitrogens with two attached hydrogens (primary N) is 1. The number of rotatable bonds is 4. The van der Waals surface area contributed by atoms with Crippen LogP contribution < -0.4 is 10.5 Å². The van der Waals surface area contributed by atoms with Crippen LogP contribution in [0.2, 0.25) is 5.02 Å². The van der Waals surface area contributed by atoms with Crippen LogP contribution in [-0.4, -0.2) is 24.1 Å². The highest BCUT2D eigenvalue weighted by Gasteiger charge is 2.31. The van der Waals surface area contributed by atoms with E-state index in [0.29, 0.717) is 22.9 Å². The first kappa shape index (κ1) is 14.2. The van der Waals surface area contributed by atoms with E-state index in [1.807, 2.05) is 0 Å². The first-order valence-corrected chi connectivity index (χ1v) is 6.70. The maximum atomic E-state index is 7.36. The highest BCUT2D eigenvalue weighted by molar-refractivity contribution is 6.34. The molecule has 1 aliphatic heterocycles. The summed E-state index contributed by atoms with van der Waals surface area (Å²) in [5.74, 6) is 0.626. The lowest BCUT2D eigenvalue weighted by molar-refractivity contribution is -0.0326. The van der Waals surface area contributed by atoms with Crippen molar-refractivity contribution in [2.24, 2.45) is 5.73 Å². The summed E-state index contributed by atoms with van der Waals surface area (Å²) in [6.07, 6.45) is 2.18. The third-order valence-electron chi connectivity index (χ3n) is 3.22. The van der Waals surface area contributed by atoms with Gasteiger partial charge in [-0.15, -0.1) is 0 Å². The van der Waals surface area contributed by atoms with Crippen molar-refractivity contribution in [3.05, 3.63) is 28.8 Å². The van der Waals surface area contributed by atoms with Crippen LogP contribution in [0.15, 0.2) is 18.2 Å². The third kappa shape index (κ3) is 3.61. The Kier molecular flexibility index (Phi) is 4.02. The molecule has 0 amide bonds. The van der Waals surface area contributed by atoms with Crippen LogP contribution in [0.4, 0.5) is 0 Å². The van der Waals surface area contributed by atoms with Crippen molar-refractivity contribution >= 4 is 17.4 Å². The predicted octanol–water partition coefficient (Wildman–Crippen LogP) is 2.96. The van der Waals surface area contributed by atoms with E-state index in [1.165, 1.54) is 0 Å². The topological polar surface area (TPSA) is 68.3 Å². The number of nitrogens with one attached hydrogen (secondary N) is 1. The largest absolute Gasteiger partial charge is 0.491 e. The van der Waals surface area contributed by atoms with Gasteiger partial charge in [-0.05, 0) is 44.9 Å². The van der Waals surface area contributed by atoms with E-state index in [1.54, 1.807) is 18.2 Å². The fourth-order valence-corrected chi connectivity index (χ4v) is 2.46. The van der Waals surface area contributed by atoms with Crippen molar-refractivity contribution in [1.82, 2.24) is 0 Å². The predicted molar refractivity (Wildman–Crippen MR) is 76.1 cm³/mol. The van der Waals surface area contributed by atoms with E-state index < -0.39 is 0 Å². The van der Waals surface area contributed by atoms with Gasteiger partial charge in [0.2, 0.25) is 0 Å². The average molecular weight is 283 g/mol. The van der Waals surface area contributed by atoms with E-state index in [2.05, 4.69) is 13.8 Å². The molecule has 0 bridgehead atoms. The molecule has 3 N–H and O–H groups in total. The highest BCUT2D eigenvalue weighted by Crippen LogP contribution is 2.30. The summed E-state index contributed by atoms with van der Waals surface area (Å²) in [6.45, 7) is 4.69. The summed E-state index contributed by atoms with van der Waals surface area (Å²) in [5.41, 5.74) is 5.88. The normalized spacial score (nSPS) is 21.3. The zero-order valence-electron chi connectivity index (χ0n) is 11.2. The minimum Gasteiger partial charge on any atom is -0.491 e. The summed E-state index contributed by atoms with van der Waals surface area (Å²) >= 11 is 6.03. The van der Waals surface area contributed by atoms with E-state index in [9.17, 15) is 0 Å². The van der Waals surface area contributed by atoms with Crippen molar-refractivity contribution in [2.75, 3.05) is 6.61 Å². The molecule has 0 radical (unpaired) electrons. The molecule has 2 rings (SSSR count). The molecule has 19 heavy (non-hydrogen) atoms.